The van der Waals surface area contributed by atoms with Crippen LogP contribution in [0.4, 0.5) is 18.9 Å². The van der Waals surface area contributed by atoms with Crippen LogP contribution in [0.1, 0.15) is 5.56 Å². The number of alkyl halides is 2. The van der Waals surface area contributed by atoms with Crippen molar-refractivity contribution in [2.75, 3.05) is 0 Å². The second kappa shape index (κ2) is 5.34. The Balaban J connectivity index is 3.27. The molecule has 0 bridgehead atoms. The Bertz CT molecular complexity index is 491. The minimum absolute atomic E-state index is 0.221. The van der Waals surface area contributed by atoms with Gasteiger partial charge in [0, 0.05) is 0 Å². The summed E-state index contributed by atoms with van der Waals surface area (Å²) in [6.07, 6.45) is -0.672. The third kappa shape index (κ3) is 3.34. The highest BCUT2D eigenvalue weighted by Crippen LogP contribution is 2.32. The lowest BCUT2D eigenvalue weighted by atomic mass is 10.1. The zero-order valence-corrected chi connectivity index (χ0v) is 8.60. The number of nitro benzene ring substituents is 1. The van der Waals surface area contributed by atoms with Crippen molar-refractivity contribution in [2.45, 2.75) is 13.0 Å². The summed E-state index contributed by atoms with van der Waals surface area (Å²) in [5, 5.41) is 18.9. The molecular weight excluding hydrogens is 259 g/mol. The van der Waals surface area contributed by atoms with Gasteiger partial charge in [0.25, 0.3) is 0 Å². The Morgan fingerprint density at radius 3 is 2.56 bits per heavy atom. The van der Waals surface area contributed by atoms with Gasteiger partial charge in [-0.3, -0.25) is 14.9 Å². The Kier molecular flexibility index (Phi) is 4.08. The zero-order valence-electron chi connectivity index (χ0n) is 8.60. The van der Waals surface area contributed by atoms with Gasteiger partial charge in [0.15, 0.2) is 0 Å². The van der Waals surface area contributed by atoms with E-state index in [1.807, 2.05) is 0 Å². The number of hydrogen-bond acceptors (Lipinski definition) is 4. The smallest absolute Gasteiger partial charge is 0.387 e. The van der Waals surface area contributed by atoms with Gasteiger partial charge in [0.1, 0.15) is 0 Å². The van der Waals surface area contributed by atoms with Crippen LogP contribution in [0.25, 0.3) is 0 Å². The topological polar surface area (TPSA) is 89.7 Å². The highest BCUT2D eigenvalue weighted by atomic mass is 19.3. The molecule has 98 valence electrons. The highest BCUT2D eigenvalue weighted by Gasteiger charge is 2.25. The summed E-state index contributed by atoms with van der Waals surface area (Å²) < 4.78 is 41.1. The van der Waals surface area contributed by atoms with E-state index < -0.39 is 41.2 Å². The van der Waals surface area contributed by atoms with Gasteiger partial charge in [-0.05, 0) is 17.7 Å². The quantitative estimate of drug-likeness (QED) is 0.649. The first-order valence-electron chi connectivity index (χ1n) is 4.44. The van der Waals surface area contributed by atoms with Crippen molar-refractivity contribution in [1.29, 1.82) is 0 Å². The van der Waals surface area contributed by atoms with Crippen LogP contribution in [0.2, 0.25) is 0 Å². The van der Waals surface area contributed by atoms with Gasteiger partial charge in [-0.15, -0.1) is 0 Å². The maximum atomic E-state index is 13.3. The van der Waals surface area contributed by atoms with E-state index in [4.69, 9.17) is 5.11 Å². The first kappa shape index (κ1) is 13.7. The van der Waals surface area contributed by atoms with Gasteiger partial charge >= 0.3 is 18.3 Å². The van der Waals surface area contributed by atoms with Crippen LogP contribution in [0.5, 0.6) is 5.75 Å². The monoisotopic (exact) mass is 265 g/mol. The lowest BCUT2D eigenvalue weighted by Gasteiger charge is -2.07. The molecule has 0 atom stereocenters. The molecule has 0 aromatic heterocycles. The summed E-state index contributed by atoms with van der Waals surface area (Å²) in [6, 6.07) is 1.28. The second-order valence-electron chi connectivity index (χ2n) is 3.13. The maximum Gasteiger partial charge on any atom is 0.387 e. The molecule has 6 nitrogen and oxygen atoms in total. The molecule has 1 rings (SSSR count). The lowest BCUT2D eigenvalue weighted by molar-refractivity contribution is -0.389. The molecule has 0 saturated carbocycles. The standard InChI is InChI=1S/C9H6F3NO5/c10-5-1-4(3-7(14)15)2-6(18-9(11)12)8(5)13(16)17/h1-2,9H,3H2,(H,14,15). The fourth-order valence-electron chi connectivity index (χ4n) is 1.27. The summed E-state index contributed by atoms with van der Waals surface area (Å²) >= 11 is 0. The van der Waals surface area contributed by atoms with Gasteiger partial charge in [-0.1, -0.05) is 0 Å². The number of ether oxygens (including phenoxy) is 1. The van der Waals surface area contributed by atoms with E-state index in [1.54, 1.807) is 0 Å². The van der Waals surface area contributed by atoms with Crippen molar-refractivity contribution in [3.05, 3.63) is 33.6 Å². The summed E-state index contributed by atoms with van der Waals surface area (Å²) in [4.78, 5) is 19.6. The van der Waals surface area contributed by atoms with E-state index >= 15 is 0 Å². The van der Waals surface area contributed by atoms with Crippen molar-refractivity contribution < 1.29 is 32.7 Å². The van der Waals surface area contributed by atoms with Crippen LogP contribution in [-0.2, 0) is 11.2 Å². The van der Waals surface area contributed by atoms with Gasteiger partial charge in [0.2, 0.25) is 11.6 Å². The second-order valence-corrected chi connectivity index (χ2v) is 3.13. The molecule has 1 N–H and O–H groups in total. The largest absolute Gasteiger partial charge is 0.481 e. The average molecular weight is 265 g/mol. The molecule has 0 aliphatic heterocycles. The van der Waals surface area contributed by atoms with Crippen molar-refractivity contribution in [2.24, 2.45) is 0 Å². The predicted octanol–water partition coefficient (Wildman–Crippen LogP) is 1.96. The summed E-state index contributed by atoms with van der Waals surface area (Å²) in [5.74, 6) is -3.79. The van der Waals surface area contributed by atoms with Crippen LogP contribution in [0, 0.1) is 15.9 Å². The fraction of sp³-hybridized carbons (Fsp3) is 0.222. The molecule has 0 saturated heterocycles. The predicted molar refractivity (Wildman–Crippen MR) is 51.0 cm³/mol. The Morgan fingerprint density at radius 1 is 1.50 bits per heavy atom. The van der Waals surface area contributed by atoms with E-state index in [-0.39, 0.29) is 5.56 Å². The molecule has 0 spiro atoms. The minimum Gasteiger partial charge on any atom is -0.481 e. The number of benzene rings is 1. The first-order chi connectivity index (χ1) is 8.31. The van der Waals surface area contributed by atoms with E-state index in [9.17, 15) is 28.1 Å². The number of nitro groups is 1. The molecule has 18 heavy (non-hydrogen) atoms. The van der Waals surface area contributed by atoms with E-state index in [2.05, 4.69) is 4.74 Å². The Morgan fingerprint density at radius 2 is 2.11 bits per heavy atom. The normalized spacial score (nSPS) is 10.4. The number of carboxylic acids is 1. The summed E-state index contributed by atoms with van der Waals surface area (Å²) in [6.45, 7) is -3.39. The molecule has 0 amide bonds. The molecule has 0 aliphatic rings. The minimum atomic E-state index is -3.39. The molecule has 0 fully saturated rings. The Hall–Kier alpha value is -2.32. The van der Waals surface area contributed by atoms with Crippen molar-refractivity contribution in [3.8, 4) is 5.75 Å². The molecule has 0 heterocycles. The van der Waals surface area contributed by atoms with Crippen molar-refractivity contribution in [3.63, 3.8) is 0 Å². The molecule has 1 aromatic carbocycles. The number of rotatable bonds is 5. The SMILES string of the molecule is O=C(O)Cc1cc(F)c([N+](=O)[O-])c(OC(F)F)c1. The number of aliphatic carboxylic acids is 1. The first-order valence-corrected chi connectivity index (χ1v) is 4.44. The Labute approximate surface area is 97.7 Å². The number of carbonyl (C=O) groups is 1. The van der Waals surface area contributed by atoms with Crippen LogP contribution < -0.4 is 4.74 Å². The van der Waals surface area contributed by atoms with Crippen molar-refractivity contribution in [1.82, 2.24) is 0 Å². The van der Waals surface area contributed by atoms with Gasteiger partial charge in [0.05, 0.1) is 11.3 Å². The van der Waals surface area contributed by atoms with Gasteiger partial charge < -0.3 is 9.84 Å². The third-order valence-electron chi connectivity index (χ3n) is 1.84. The number of halogens is 3. The van der Waals surface area contributed by atoms with Crippen LogP contribution in [-0.4, -0.2) is 22.6 Å². The van der Waals surface area contributed by atoms with E-state index in [1.165, 1.54) is 0 Å². The molecule has 1 aromatic rings. The fourth-order valence-corrected chi connectivity index (χ4v) is 1.27. The molecular formula is C9H6F3NO5. The van der Waals surface area contributed by atoms with Crippen LogP contribution >= 0.6 is 0 Å². The zero-order chi connectivity index (χ0) is 13.9. The highest BCUT2D eigenvalue weighted by molar-refractivity contribution is 5.71. The summed E-state index contributed by atoms with van der Waals surface area (Å²) in [7, 11) is 0. The molecule has 0 aliphatic carbocycles. The molecule has 0 radical (unpaired) electrons. The molecule has 0 unspecified atom stereocenters. The van der Waals surface area contributed by atoms with Gasteiger partial charge in [-0.25, -0.2) is 0 Å². The van der Waals surface area contributed by atoms with Crippen molar-refractivity contribution >= 4 is 11.7 Å². The van der Waals surface area contributed by atoms with Crippen LogP contribution in [0.15, 0.2) is 12.1 Å². The van der Waals surface area contributed by atoms with E-state index in [0.29, 0.717) is 12.1 Å². The maximum absolute atomic E-state index is 13.3. The van der Waals surface area contributed by atoms with E-state index in [0.717, 1.165) is 0 Å². The van der Waals surface area contributed by atoms with Gasteiger partial charge in [-0.2, -0.15) is 13.2 Å². The number of carboxylic acid groups (broad SMARTS) is 1. The number of hydrogen-bond donors (Lipinski definition) is 1. The van der Waals surface area contributed by atoms with Crippen LogP contribution in [0.3, 0.4) is 0 Å². The molecule has 9 heteroatoms. The summed E-state index contributed by atoms with van der Waals surface area (Å²) in [5.41, 5.74) is -1.48. The lowest BCUT2D eigenvalue weighted by Crippen LogP contribution is -2.08. The third-order valence-corrected chi connectivity index (χ3v) is 1.84. The number of nitrogens with zero attached hydrogens (tertiary/aromatic N) is 1. The average Bonchev–Trinajstić information content (AvgIpc) is 2.12.